The Kier molecular flexibility index (Phi) is 8.84. The molecule has 0 saturated carbocycles. The van der Waals surface area contributed by atoms with Crippen LogP contribution in [-0.4, -0.2) is 54.0 Å². The van der Waals surface area contributed by atoms with Gasteiger partial charge in [0.15, 0.2) is 5.78 Å². The molecule has 0 aliphatic rings. The van der Waals surface area contributed by atoms with Crippen molar-refractivity contribution in [3.63, 3.8) is 0 Å². The summed E-state index contributed by atoms with van der Waals surface area (Å²) in [6, 6.07) is 5.62. The van der Waals surface area contributed by atoms with Gasteiger partial charge in [-0.2, -0.15) is 0 Å². The first kappa shape index (κ1) is 19.6. The average Bonchev–Trinajstić information content (AvgIpc) is 2.54. The molecule has 0 heterocycles. The Morgan fingerprint density at radius 3 is 2.35 bits per heavy atom. The fourth-order valence-electron chi connectivity index (χ4n) is 2.30. The van der Waals surface area contributed by atoms with Gasteiger partial charge in [-0.05, 0) is 56.9 Å². The van der Waals surface area contributed by atoms with E-state index in [0.717, 1.165) is 26.1 Å². The fourth-order valence-corrected chi connectivity index (χ4v) is 2.43. The van der Waals surface area contributed by atoms with Crippen molar-refractivity contribution in [3.8, 4) is 0 Å². The topological polar surface area (TPSA) is 69.6 Å². The number of benzene rings is 1. The van der Waals surface area contributed by atoms with Gasteiger partial charge in [0.1, 0.15) is 6.04 Å². The molecule has 1 aromatic rings. The van der Waals surface area contributed by atoms with E-state index in [1.165, 1.54) is 0 Å². The Morgan fingerprint density at radius 1 is 1.22 bits per heavy atom. The first-order valence-electron chi connectivity index (χ1n) is 7.95. The van der Waals surface area contributed by atoms with Crippen molar-refractivity contribution in [2.45, 2.75) is 32.7 Å². The van der Waals surface area contributed by atoms with Crippen LogP contribution >= 0.6 is 11.6 Å². The van der Waals surface area contributed by atoms with Gasteiger partial charge >= 0.3 is 5.97 Å². The summed E-state index contributed by atoms with van der Waals surface area (Å²) in [4.78, 5) is 25.7. The lowest BCUT2D eigenvalue weighted by Crippen LogP contribution is -2.40. The monoisotopic (exact) mass is 340 g/mol. The molecular formula is C17H25ClN2O3. The van der Waals surface area contributed by atoms with Crippen LogP contribution in [0.4, 0.5) is 0 Å². The van der Waals surface area contributed by atoms with E-state index in [4.69, 9.17) is 11.6 Å². The van der Waals surface area contributed by atoms with Gasteiger partial charge in [-0.3, -0.25) is 9.59 Å². The lowest BCUT2D eigenvalue weighted by atomic mass is 10.0. The Hall–Kier alpha value is -1.43. The van der Waals surface area contributed by atoms with E-state index in [1.807, 2.05) is 0 Å². The zero-order valence-corrected chi connectivity index (χ0v) is 14.5. The Balaban J connectivity index is 2.47. The second-order valence-electron chi connectivity index (χ2n) is 5.36. The molecule has 0 spiro atoms. The average molecular weight is 341 g/mol. The number of ketones is 1. The summed E-state index contributed by atoms with van der Waals surface area (Å²) >= 11 is 5.78. The molecule has 0 radical (unpaired) electrons. The van der Waals surface area contributed by atoms with Gasteiger partial charge < -0.3 is 15.3 Å². The largest absolute Gasteiger partial charge is 0.480 e. The number of nitrogens with zero attached hydrogens (tertiary/aromatic N) is 1. The molecule has 23 heavy (non-hydrogen) atoms. The summed E-state index contributed by atoms with van der Waals surface area (Å²) in [7, 11) is 0. The number of carbonyl (C=O) groups excluding carboxylic acids is 1. The predicted octanol–water partition coefficient (Wildman–Crippen LogP) is 2.69. The standard InChI is InChI=1S/C17H25ClN2O3/c1-3-20(4-2)11-5-10-19-15(17(22)23)12-16(21)13-6-8-14(18)9-7-13/h6-9,15,19H,3-5,10-12H2,1-2H3,(H,22,23)/t15-/m0/s1. The minimum atomic E-state index is -1.00. The van der Waals surface area contributed by atoms with Crippen LogP contribution in [0.5, 0.6) is 0 Å². The molecular weight excluding hydrogens is 316 g/mol. The maximum absolute atomic E-state index is 12.1. The maximum atomic E-state index is 12.1. The van der Waals surface area contributed by atoms with Gasteiger partial charge in [0.25, 0.3) is 0 Å². The van der Waals surface area contributed by atoms with Crippen LogP contribution in [0.3, 0.4) is 0 Å². The highest BCUT2D eigenvalue weighted by atomic mass is 35.5. The normalized spacial score (nSPS) is 12.3. The number of Topliss-reactive ketones (excluding diaryl/α,β-unsaturated/α-hetero) is 1. The quantitative estimate of drug-likeness (QED) is 0.479. The van der Waals surface area contributed by atoms with E-state index < -0.39 is 12.0 Å². The van der Waals surface area contributed by atoms with E-state index in [0.29, 0.717) is 17.1 Å². The van der Waals surface area contributed by atoms with E-state index >= 15 is 0 Å². The molecule has 0 amide bonds. The van der Waals surface area contributed by atoms with Crippen LogP contribution in [-0.2, 0) is 4.79 Å². The minimum Gasteiger partial charge on any atom is -0.480 e. The molecule has 1 atom stereocenters. The highest BCUT2D eigenvalue weighted by Crippen LogP contribution is 2.12. The van der Waals surface area contributed by atoms with Crippen LogP contribution in [0.1, 0.15) is 37.0 Å². The number of hydrogen-bond donors (Lipinski definition) is 2. The molecule has 0 saturated heterocycles. The van der Waals surface area contributed by atoms with E-state index in [9.17, 15) is 14.7 Å². The van der Waals surface area contributed by atoms with Crippen molar-refractivity contribution in [3.05, 3.63) is 34.9 Å². The number of carbonyl (C=O) groups is 2. The number of carboxylic acid groups (broad SMARTS) is 1. The number of hydrogen-bond acceptors (Lipinski definition) is 4. The molecule has 0 aliphatic carbocycles. The molecule has 5 nitrogen and oxygen atoms in total. The zero-order valence-electron chi connectivity index (χ0n) is 13.7. The highest BCUT2D eigenvalue weighted by molar-refractivity contribution is 6.30. The SMILES string of the molecule is CCN(CC)CCCN[C@@H](CC(=O)c1ccc(Cl)cc1)C(=O)O. The predicted molar refractivity (Wildman–Crippen MR) is 92.2 cm³/mol. The Labute approximate surface area is 142 Å². The van der Waals surface area contributed by atoms with E-state index in [2.05, 4.69) is 24.1 Å². The lowest BCUT2D eigenvalue weighted by Gasteiger charge is -2.19. The van der Waals surface area contributed by atoms with Crippen molar-refractivity contribution < 1.29 is 14.7 Å². The molecule has 1 rings (SSSR count). The smallest absolute Gasteiger partial charge is 0.321 e. The van der Waals surface area contributed by atoms with Gasteiger partial charge in [0.05, 0.1) is 0 Å². The molecule has 0 bridgehead atoms. The van der Waals surface area contributed by atoms with Crippen LogP contribution < -0.4 is 5.32 Å². The summed E-state index contributed by atoms with van der Waals surface area (Å²) in [6.07, 6.45) is 0.781. The van der Waals surface area contributed by atoms with E-state index in [-0.39, 0.29) is 12.2 Å². The third kappa shape index (κ3) is 7.12. The highest BCUT2D eigenvalue weighted by Gasteiger charge is 2.21. The Morgan fingerprint density at radius 2 is 1.83 bits per heavy atom. The summed E-state index contributed by atoms with van der Waals surface area (Å²) in [5, 5.41) is 12.8. The number of aliphatic carboxylic acids is 1. The second kappa shape index (κ2) is 10.4. The zero-order chi connectivity index (χ0) is 17.2. The summed E-state index contributed by atoms with van der Waals surface area (Å²) in [6.45, 7) is 7.64. The third-order valence-electron chi connectivity index (χ3n) is 3.79. The molecule has 0 unspecified atom stereocenters. The van der Waals surface area contributed by atoms with Crippen molar-refractivity contribution in [1.29, 1.82) is 0 Å². The van der Waals surface area contributed by atoms with Crippen LogP contribution in [0.2, 0.25) is 5.02 Å². The molecule has 128 valence electrons. The van der Waals surface area contributed by atoms with Crippen LogP contribution in [0, 0.1) is 0 Å². The first-order chi connectivity index (χ1) is 11.0. The second-order valence-corrected chi connectivity index (χ2v) is 5.80. The number of rotatable bonds is 11. The van der Waals surface area contributed by atoms with Gasteiger partial charge in [0.2, 0.25) is 0 Å². The molecule has 2 N–H and O–H groups in total. The molecule has 0 aliphatic heterocycles. The number of carboxylic acids is 1. The van der Waals surface area contributed by atoms with Crippen LogP contribution in [0.25, 0.3) is 0 Å². The lowest BCUT2D eigenvalue weighted by molar-refractivity contribution is -0.139. The molecule has 0 fully saturated rings. The first-order valence-corrected chi connectivity index (χ1v) is 8.33. The van der Waals surface area contributed by atoms with Crippen molar-refractivity contribution >= 4 is 23.4 Å². The number of nitrogens with one attached hydrogen (secondary N) is 1. The Bertz CT molecular complexity index is 501. The van der Waals surface area contributed by atoms with Crippen molar-refractivity contribution in [1.82, 2.24) is 10.2 Å². The van der Waals surface area contributed by atoms with Gasteiger partial charge in [-0.1, -0.05) is 25.4 Å². The summed E-state index contributed by atoms with van der Waals surface area (Å²) in [5.41, 5.74) is 0.477. The van der Waals surface area contributed by atoms with Gasteiger partial charge in [-0.15, -0.1) is 0 Å². The summed E-state index contributed by atoms with van der Waals surface area (Å²) in [5.74, 6) is -1.21. The molecule has 0 aromatic heterocycles. The fraction of sp³-hybridized carbons (Fsp3) is 0.529. The minimum absolute atomic E-state index is 0.0672. The molecule has 1 aromatic carbocycles. The van der Waals surface area contributed by atoms with Gasteiger partial charge in [0, 0.05) is 17.0 Å². The van der Waals surface area contributed by atoms with Crippen molar-refractivity contribution in [2.24, 2.45) is 0 Å². The third-order valence-corrected chi connectivity index (χ3v) is 4.04. The van der Waals surface area contributed by atoms with Crippen LogP contribution in [0.15, 0.2) is 24.3 Å². The number of halogens is 1. The summed E-state index contributed by atoms with van der Waals surface area (Å²) < 4.78 is 0. The van der Waals surface area contributed by atoms with Crippen molar-refractivity contribution in [2.75, 3.05) is 26.2 Å². The molecule has 6 heteroatoms. The van der Waals surface area contributed by atoms with Gasteiger partial charge in [-0.25, -0.2) is 0 Å². The van der Waals surface area contributed by atoms with E-state index in [1.54, 1.807) is 24.3 Å². The maximum Gasteiger partial charge on any atom is 0.321 e.